The Balaban J connectivity index is 0.832. The molecule has 0 amide bonds. The maximum Gasteiger partial charge on any atom is 0.0725 e. The summed E-state index contributed by atoms with van der Waals surface area (Å²) in [5.41, 5.74) is 27.0. The van der Waals surface area contributed by atoms with Crippen LogP contribution in [0.3, 0.4) is 0 Å². The number of rotatable bonds is 6. The van der Waals surface area contributed by atoms with Gasteiger partial charge in [0.2, 0.25) is 0 Å². The van der Waals surface area contributed by atoms with E-state index in [1.54, 1.807) is 0 Å². The maximum absolute atomic E-state index is 2.51. The lowest BCUT2D eigenvalue weighted by Gasteiger charge is -2.30. The highest BCUT2D eigenvalue weighted by molar-refractivity contribution is 6.22. The summed E-state index contributed by atoms with van der Waals surface area (Å²) in [6.07, 6.45) is 0. The van der Waals surface area contributed by atoms with Crippen molar-refractivity contribution in [2.75, 3.05) is 0 Å². The van der Waals surface area contributed by atoms with Gasteiger partial charge in [0.25, 0.3) is 0 Å². The smallest absolute Gasteiger partial charge is 0.0725 e. The van der Waals surface area contributed by atoms with Gasteiger partial charge < -0.3 is 9.13 Å². The van der Waals surface area contributed by atoms with E-state index >= 15 is 0 Å². The summed E-state index contributed by atoms with van der Waals surface area (Å²) >= 11 is 0. The minimum atomic E-state index is -0.423. The summed E-state index contributed by atoms with van der Waals surface area (Å²) in [7, 11) is 0. The van der Waals surface area contributed by atoms with Gasteiger partial charge in [0.05, 0.1) is 27.5 Å². The van der Waals surface area contributed by atoms with Crippen molar-refractivity contribution in [3.63, 3.8) is 0 Å². The van der Waals surface area contributed by atoms with Crippen LogP contribution in [0.1, 0.15) is 22.3 Å². The highest BCUT2D eigenvalue weighted by atomic mass is 15.0. The van der Waals surface area contributed by atoms with Crippen LogP contribution in [0.15, 0.2) is 303 Å². The zero-order valence-corrected chi connectivity index (χ0v) is 45.3. The second kappa shape index (κ2) is 17.6. The molecule has 18 rings (SSSR count). The second-order valence-corrected chi connectivity index (χ2v) is 22.6. The first-order chi connectivity index (χ1) is 41.2. The monoisotopic (exact) mass is 1050 g/mol. The fraction of sp³-hybridized carbons (Fsp3) is 0.0123. The molecule has 0 atom stereocenters. The molecule has 14 aromatic carbocycles. The Morgan fingerprint density at radius 3 is 1.01 bits per heavy atom. The van der Waals surface area contributed by atoms with Crippen molar-refractivity contribution in [1.29, 1.82) is 0 Å². The maximum atomic E-state index is 2.51. The summed E-state index contributed by atoms with van der Waals surface area (Å²) in [5.74, 6) is 0. The molecular weight excluding hydrogens is 1000 g/mol. The Labute approximate surface area is 480 Å². The molecule has 0 radical (unpaired) electrons. The highest BCUT2D eigenvalue weighted by Gasteiger charge is 2.51. The van der Waals surface area contributed by atoms with Crippen molar-refractivity contribution in [1.82, 2.24) is 9.13 Å². The predicted molar refractivity (Wildman–Crippen MR) is 348 cm³/mol. The van der Waals surface area contributed by atoms with Crippen LogP contribution < -0.4 is 0 Å². The number of aromatic nitrogens is 2. The van der Waals surface area contributed by atoms with Crippen molar-refractivity contribution >= 4 is 65.2 Å². The van der Waals surface area contributed by atoms with E-state index in [4.69, 9.17) is 0 Å². The van der Waals surface area contributed by atoms with E-state index < -0.39 is 5.41 Å². The van der Waals surface area contributed by atoms with Gasteiger partial charge in [-0.25, -0.2) is 0 Å². The molecule has 1 spiro atoms. The number of nitrogens with zero attached hydrogens (tertiary/aromatic N) is 2. The number of hydrogen-bond donors (Lipinski definition) is 0. The van der Waals surface area contributed by atoms with Gasteiger partial charge in [-0.1, -0.05) is 231 Å². The zero-order chi connectivity index (χ0) is 54.3. The van der Waals surface area contributed by atoms with E-state index in [2.05, 4.69) is 312 Å². The number of para-hydroxylation sites is 2. The first kappa shape index (κ1) is 46.0. The van der Waals surface area contributed by atoms with Gasteiger partial charge in [-0.05, 0) is 183 Å². The Bertz CT molecular complexity index is 5250. The van der Waals surface area contributed by atoms with Crippen LogP contribution in [0.2, 0.25) is 0 Å². The molecule has 16 aromatic rings. The lowest BCUT2D eigenvalue weighted by Crippen LogP contribution is -2.25. The molecular formula is C81H50N2. The molecule has 0 fully saturated rings. The molecule has 83 heavy (non-hydrogen) atoms. The van der Waals surface area contributed by atoms with Crippen LogP contribution in [-0.2, 0) is 5.41 Å². The largest absolute Gasteiger partial charge is 0.309 e. The van der Waals surface area contributed by atoms with Gasteiger partial charge in [-0.3, -0.25) is 0 Å². The molecule has 2 nitrogen and oxygen atoms in total. The van der Waals surface area contributed by atoms with Crippen LogP contribution in [0.25, 0.3) is 143 Å². The van der Waals surface area contributed by atoms with Crippen molar-refractivity contribution in [3.8, 4) is 78.1 Å². The summed E-state index contributed by atoms with van der Waals surface area (Å²) in [5, 5.41) is 9.93. The molecule has 2 heterocycles. The van der Waals surface area contributed by atoms with E-state index in [1.807, 2.05) is 0 Å². The molecule has 2 heteroatoms. The third-order valence-corrected chi connectivity index (χ3v) is 18.5. The van der Waals surface area contributed by atoms with Gasteiger partial charge in [0, 0.05) is 32.9 Å². The molecule has 0 aliphatic heterocycles. The highest BCUT2D eigenvalue weighted by Crippen LogP contribution is 2.63. The SMILES string of the molecule is c1ccc(-c2c3ccccc3c(-c3ccc(-n4c5ccc(-c6ccc7c(c6)C6(c8ccccc8-c8ccccc86)c6ccccc6-7)cc5c5cc(-c6ccc7c(c6)c6ccccc6n7-c6ccccc6)ccc54)cc3)c3ccccc23)cc1. The van der Waals surface area contributed by atoms with Crippen LogP contribution in [0, 0.1) is 0 Å². The van der Waals surface area contributed by atoms with Crippen molar-refractivity contribution in [2.45, 2.75) is 5.41 Å². The molecule has 2 aliphatic carbocycles. The van der Waals surface area contributed by atoms with Crippen LogP contribution in [0.5, 0.6) is 0 Å². The lowest BCUT2D eigenvalue weighted by atomic mass is 9.70. The van der Waals surface area contributed by atoms with Crippen LogP contribution in [0.4, 0.5) is 0 Å². The fourth-order valence-corrected chi connectivity index (χ4v) is 15.1. The van der Waals surface area contributed by atoms with Gasteiger partial charge in [0.1, 0.15) is 0 Å². The molecule has 0 saturated carbocycles. The summed E-state index contributed by atoms with van der Waals surface area (Å²) in [6, 6.07) is 113. The first-order valence-electron chi connectivity index (χ1n) is 28.9. The van der Waals surface area contributed by atoms with E-state index in [1.165, 1.54) is 154 Å². The molecule has 0 bridgehead atoms. The molecule has 2 aliphatic rings. The quantitative estimate of drug-likeness (QED) is 0.147. The Kier molecular flexibility index (Phi) is 9.75. The minimum Gasteiger partial charge on any atom is -0.309 e. The molecule has 2 aromatic heterocycles. The second-order valence-electron chi connectivity index (χ2n) is 22.6. The topological polar surface area (TPSA) is 9.86 Å². The molecule has 384 valence electrons. The van der Waals surface area contributed by atoms with E-state index in [0.717, 1.165) is 11.4 Å². The van der Waals surface area contributed by atoms with E-state index in [-0.39, 0.29) is 0 Å². The molecule has 0 saturated heterocycles. The van der Waals surface area contributed by atoms with Crippen LogP contribution in [-0.4, -0.2) is 9.13 Å². The van der Waals surface area contributed by atoms with E-state index in [0.29, 0.717) is 0 Å². The predicted octanol–water partition coefficient (Wildman–Crippen LogP) is 21.2. The summed E-state index contributed by atoms with van der Waals surface area (Å²) in [6.45, 7) is 0. The standard InChI is InChI=1S/C81H50N2/c1-3-19-51(20-4-1)79-64-27-7-9-29-66(64)80(67-30-10-8-28-65(67)79)52-35-41-58(42-36-52)83-77-45-39-54(53-38-44-76-68(47-53)63-26-14-18-34-75(63)82(76)57-21-5-2-6-22-57)48-69(77)70-49-55(40-46-78(70)83)56-37-43-62-61-25-13-17-33-73(61)81(74(62)50-56)71-31-15-11-23-59(71)60-24-12-16-32-72(60)81/h1-50H. The van der Waals surface area contributed by atoms with Gasteiger partial charge >= 0.3 is 0 Å². The summed E-state index contributed by atoms with van der Waals surface area (Å²) < 4.78 is 4.88. The van der Waals surface area contributed by atoms with Gasteiger partial charge in [0.15, 0.2) is 0 Å². The third kappa shape index (κ3) is 6.49. The third-order valence-electron chi connectivity index (χ3n) is 18.5. The summed E-state index contributed by atoms with van der Waals surface area (Å²) in [4.78, 5) is 0. The average Bonchev–Trinajstić information content (AvgIpc) is 1.95. The van der Waals surface area contributed by atoms with Crippen molar-refractivity contribution in [3.05, 3.63) is 326 Å². The number of benzene rings is 14. The van der Waals surface area contributed by atoms with E-state index in [9.17, 15) is 0 Å². The molecule has 0 unspecified atom stereocenters. The zero-order valence-electron chi connectivity index (χ0n) is 45.3. The van der Waals surface area contributed by atoms with Crippen molar-refractivity contribution in [2.24, 2.45) is 0 Å². The van der Waals surface area contributed by atoms with Crippen molar-refractivity contribution < 1.29 is 0 Å². The van der Waals surface area contributed by atoms with Gasteiger partial charge in [-0.2, -0.15) is 0 Å². The minimum absolute atomic E-state index is 0.423. The Morgan fingerprint density at radius 1 is 0.193 bits per heavy atom. The molecule has 0 N–H and O–H groups in total. The Morgan fingerprint density at radius 2 is 0.518 bits per heavy atom. The average molecular weight is 1050 g/mol. The van der Waals surface area contributed by atoms with Gasteiger partial charge in [-0.15, -0.1) is 0 Å². The fourth-order valence-electron chi connectivity index (χ4n) is 15.1. The first-order valence-corrected chi connectivity index (χ1v) is 28.9. The number of hydrogen-bond acceptors (Lipinski definition) is 0. The van der Waals surface area contributed by atoms with Crippen LogP contribution >= 0.6 is 0 Å². The number of fused-ring (bicyclic) bond motifs is 18. The lowest BCUT2D eigenvalue weighted by molar-refractivity contribution is 0.794. The Hall–Kier alpha value is -10.8. The normalized spacial score (nSPS) is 12.9.